The Morgan fingerprint density at radius 1 is 0.821 bits per heavy atom. The Balaban J connectivity index is 0.000000573. The molecule has 6 N–H and O–H groups in total. The van der Waals surface area contributed by atoms with E-state index in [-0.39, 0.29) is 83.6 Å². The van der Waals surface area contributed by atoms with Gasteiger partial charge in [0.2, 0.25) is 11.8 Å². The Bertz CT molecular complexity index is 715. The molecule has 0 aromatic carbocycles. The fraction of sp³-hybridized carbons (Fsp3) is 0.833. The average Bonchev–Trinajstić information content (AvgIpc) is 2.82. The van der Waals surface area contributed by atoms with E-state index in [9.17, 15) is 29.4 Å². The van der Waals surface area contributed by atoms with Crippen molar-refractivity contribution in [2.45, 2.75) is 88.7 Å². The molecule has 2 heterocycles. The fourth-order valence-corrected chi connectivity index (χ4v) is 4.45. The van der Waals surface area contributed by atoms with Gasteiger partial charge >= 0.3 is 21.1 Å². The number of carbonyl (C=O) groups is 4. The number of rotatable bonds is 12. The normalized spacial score (nSPS) is 28.7. The van der Waals surface area contributed by atoms with Gasteiger partial charge in [0, 0.05) is 63.2 Å². The first-order chi connectivity index (χ1) is 17.9. The van der Waals surface area contributed by atoms with Crippen LogP contribution in [0.15, 0.2) is 0 Å². The molecule has 39 heavy (non-hydrogen) atoms. The molecule has 0 aromatic rings. The molecule has 0 bridgehead atoms. The molecule has 3 rings (SSSR count). The van der Waals surface area contributed by atoms with Crippen molar-refractivity contribution < 1.29 is 69.4 Å². The zero-order valence-electron chi connectivity index (χ0n) is 22.8. The molecule has 228 valence electrons. The maximum atomic E-state index is 11.2. The summed E-state index contributed by atoms with van der Waals surface area (Å²) < 4.78 is 19.8. The smallest absolute Gasteiger partial charge is 0.550 e. The number of carboxylic acid groups (broad SMARTS) is 2. The van der Waals surface area contributed by atoms with Gasteiger partial charge in [0.15, 0.2) is 0 Å². The minimum atomic E-state index is -1.18. The number of aliphatic carboxylic acids is 2. The molecule has 2 amide bonds. The predicted octanol–water partition coefficient (Wildman–Crippen LogP) is -3.29. The topological polar surface area (TPSA) is 227 Å². The van der Waals surface area contributed by atoms with E-state index >= 15 is 0 Å². The number of hydrogen-bond acceptors (Lipinski definition) is 12. The molecular formula is C24H42N4O10Pt. The van der Waals surface area contributed by atoms with Gasteiger partial charge in [0.1, 0.15) is 13.6 Å². The van der Waals surface area contributed by atoms with Crippen molar-refractivity contribution >= 4 is 23.8 Å². The van der Waals surface area contributed by atoms with Crippen molar-refractivity contribution in [2.75, 3.05) is 27.8 Å². The number of hydrogen-bond donors (Lipinski definition) is 4. The minimum Gasteiger partial charge on any atom is -0.550 e. The SMILES string of the molecule is COCOC(C)C1C(=O)NC1CC(=O)[O-].COCOC(C)C1C(=O)NC1CC(=O)[O-].NC1CCCCC1N.[Pt+2]. The standard InChI is InChI=1S/2C9H15NO5.C6H14N2.Pt/c2*1-5(15-4-14-2)8-6(3-7(11)12)10-9(8)13;7-5-3-1-2-4-6(5)8;/h2*5-6,8H,3-4H2,1-2H3,(H,10,13)(H,11,12);5-6H,1-4,7-8H2;/q;;;+2/p-2. The second kappa shape index (κ2) is 19.4. The molecule has 3 aliphatic rings. The van der Waals surface area contributed by atoms with Gasteiger partial charge < -0.3 is 60.9 Å². The zero-order chi connectivity index (χ0) is 28.8. The molecule has 14 nitrogen and oxygen atoms in total. The summed E-state index contributed by atoms with van der Waals surface area (Å²) in [6.07, 6.45) is 3.71. The van der Waals surface area contributed by atoms with Crippen LogP contribution in [0.2, 0.25) is 0 Å². The summed E-state index contributed by atoms with van der Waals surface area (Å²) in [4.78, 5) is 43.1. The molecule has 3 fully saturated rings. The Hall–Kier alpha value is -1.67. The number of nitrogens with one attached hydrogen (secondary N) is 2. The predicted molar refractivity (Wildman–Crippen MR) is 129 cm³/mol. The van der Waals surface area contributed by atoms with Gasteiger partial charge in [0.25, 0.3) is 0 Å². The monoisotopic (exact) mass is 741 g/mol. The first kappa shape index (κ1) is 37.3. The van der Waals surface area contributed by atoms with Gasteiger partial charge in [-0.05, 0) is 26.7 Å². The first-order valence-corrected chi connectivity index (χ1v) is 12.7. The number of methoxy groups -OCH3 is 2. The Kier molecular flexibility index (Phi) is 18.6. The van der Waals surface area contributed by atoms with E-state index in [2.05, 4.69) is 10.6 Å². The van der Waals surface area contributed by atoms with E-state index in [1.807, 2.05) is 0 Å². The number of carbonyl (C=O) groups excluding carboxylic acids is 4. The van der Waals surface area contributed by atoms with E-state index < -0.39 is 35.9 Å². The van der Waals surface area contributed by atoms with Crippen LogP contribution in [0.3, 0.4) is 0 Å². The average molecular weight is 742 g/mol. The molecule has 0 aromatic heterocycles. The second-order valence-electron chi connectivity index (χ2n) is 9.60. The van der Waals surface area contributed by atoms with E-state index in [1.54, 1.807) is 13.8 Å². The van der Waals surface area contributed by atoms with Crippen LogP contribution in [0, 0.1) is 11.8 Å². The summed E-state index contributed by atoms with van der Waals surface area (Å²) in [6.45, 7) is 3.60. The van der Waals surface area contributed by atoms with Gasteiger partial charge in [-0.15, -0.1) is 0 Å². The first-order valence-electron chi connectivity index (χ1n) is 12.7. The molecule has 15 heteroatoms. The van der Waals surface area contributed by atoms with Crippen LogP contribution < -0.4 is 32.3 Å². The quantitative estimate of drug-likeness (QED) is 0.114. The molecule has 1 saturated carbocycles. The third kappa shape index (κ3) is 13.0. The number of amides is 2. The maximum Gasteiger partial charge on any atom is 2.00 e. The van der Waals surface area contributed by atoms with Gasteiger partial charge in [-0.2, -0.15) is 0 Å². The van der Waals surface area contributed by atoms with E-state index in [1.165, 1.54) is 27.1 Å². The van der Waals surface area contributed by atoms with Gasteiger partial charge in [0.05, 0.1) is 24.0 Å². The van der Waals surface area contributed by atoms with Crippen LogP contribution in [-0.2, 0) is 59.2 Å². The van der Waals surface area contributed by atoms with E-state index in [4.69, 9.17) is 30.4 Å². The summed E-state index contributed by atoms with van der Waals surface area (Å²) in [7, 11) is 2.96. The summed E-state index contributed by atoms with van der Waals surface area (Å²) in [5, 5.41) is 25.7. The van der Waals surface area contributed by atoms with Crippen LogP contribution in [0.1, 0.15) is 52.4 Å². The Labute approximate surface area is 243 Å². The van der Waals surface area contributed by atoms with Gasteiger partial charge in [-0.25, -0.2) is 0 Å². The van der Waals surface area contributed by atoms with Gasteiger partial charge in [-0.3, -0.25) is 9.59 Å². The molecule has 0 spiro atoms. The van der Waals surface area contributed by atoms with E-state index in [0.29, 0.717) is 0 Å². The van der Waals surface area contributed by atoms with E-state index in [0.717, 1.165) is 12.8 Å². The largest absolute Gasteiger partial charge is 2.00 e. The summed E-state index contributed by atoms with van der Waals surface area (Å²) in [5.41, 5.74) is 11.3. The summed E-state index contributed by atoms with van der Waals surface area (Å²) in [5.74, 6) is -3.60. The molecule has 8 unspecified atom stereocenters. The second-order valence-corrected chi connectivity index (χ2v) is 9.60. The summed E-state index contributed by atoms with van der Waals surface area (Å²) >= 11 is 0. The minimum absolute atomic E-state index is 0. The van der Waals surface area contributed by atoms with Crippen LogP contribution >= 0.6 is 0 Å². The van der Waals surface area contributed by atoms with Crippen LogP contribution in [0.25, 0.3) is 0 Å². The van der Waals surface area contributed by atoms with Crippen molar-refractivity contribution in [1.82, 2.24) is 10.6 Å². The van der Waals surface area contributed by atoms with Gasteiger partial charge in [-0.1, -0.05) is 12.8 Å². The number of carboxylic acids is 2. The number of nitrogens with two attached hydrogens (primary N) is 2. The Morgan fingerprint density at radius 2 is 1.15 bits per heavy atom. The molecule has 1 aliphatic carbocycles. The number of ether oxygens (including phenoxy) is 4. The van der Waals surface area contributed by atoms with Crippen LogP contribution in [0.4, 0.5) is 0 Å². The third-order valence-electron chi connectivity index (χ3n) is 6.68. The summed E-state index contributed by atoms with van der Waals surface area (Å²) in [6, 6.07) is -0.226. The molecule has 2 saturated heterocycles. The Morgan fingerprint density at radius 3 is 1.38 bits per heavy atom. The zero-order valence-corrected chi connectivity index (χ0v) is 25.1. The van der Waals surface area contributed by atoms with Crippen molar-refractivity contribution in [3.05, 3.63) is 0 Å². The molecule has 0 radical (unpaired) electrons. The van der Waals surface area contributed by atoms with Crippen molar-refractivity contribution in [3.63, 3.8) is 0 Å². The molecule has 2 aliphatic heterocycles. The maximum absolute atomic E-state index is 11.2. The van der Waals surface area contributed by atoms with Crippen molar-refractivity contribution in [2.24, 2.45) is 23.3 Å². The van der Waals surface area contributed by atoms with Crippen molar-refractivity contribution in [1.29, 1.82) is 0 Å². The number of β-lactam (4-membered cyclic amide) rings is 2. The molecular weight excluding hydrogens is 699 g/mol. The van der Waals surface area contributed by atoms with Crippen LogP contribution in [0.5, 0.6) is 0 Å². The van der Waals surface area contributed by atoms with Crippen molar-refractivity contribution in [3.8, 4) is 0 Å². The molecule has 8 atom stereocenters. The fourth-order valence-electron chi connectivity index (χ4n) is 4.45. The van der Waals surface area contributed by atoms with Crippen LogP contribution in [-0.4, -0.2) is 87.9 Å². The third-order valence-corrected chi connectivity index (χ3v) is 6.68.